The summed E-state index contributed by atoms with van der Waals surface area (Å²) in [6.07, 6.45) is 4.89. The predicted molar refractivity (Wildman–Crippen MR) is 88.8 cm³/mol. The Morgan fingerprint density at radius 2 is 1.75 bits per heavy atom. The van der Waals surface area contributed by atoms with E-state index in [0.717, 1.165) is 35.3 Å². The van der Waals surface area contributed by atoms with Crippen LogP contribution in [0.3, 0.4) is 0 Å². The lowest BCUT2D eigenvalue weighted by Crippen LogP contribution is -2.47. The lowest BCUT2D eigenvalue weighted by molar-refractivity contribution is 0.0495. The minimum absolute atomic E-state index is 0.207. The maximum Gasteiger partial charge on any atom is 0.254 e. The first-order chi connectivity index (χ1) is 9.70. The number of nitrogens with zero attached hydrogens (tertiary/aromatic N) is 1. The number of amides is 1. The molecule has 2 heterocycles. The zero-order valence-electron chi connectivity index (χ0n) is 11.7. The molecule has 0 saturated carbocycles. The Morgan fingerprint density at radius 1 is 1.10 bits per heavy atom. The summed E-state index contributed by atoms with van der Waals surface area (Å²) in [5.74, 6) is 0.207. The molecule has 1 spiro atoms. The molecule has 1 N–H and O–H groups in total. The van der Waals surface area contributed by atoms with Gasteiger partial charge < -0.3 is 10.2 Å². The van der Waals surface area contributed by atoms with E-state index in [0.29, 0.717) is 5.41 Å². The Labute approximate surface area is 134 Å². The molecule has 2 fully saturated rings. The fraction of sp³-hybridized carbons (Fsp3) is 0.562. The van der Waals surface area contributed by atoms with Crippen molar-refractivity contribution in [2.45, 2.75) is 25.7 Å². The molecule has 4 heteroatoms. The zero-order chi connectivity index (χ0) is 14.0. The van der Waals surface area contributed by atoms with Crippen molar-refractivity contribution in [3.63, 3.8) is 0 Å². The number of nitrogens with one attached hydrogen (secondary N) is 1. The van der Waals surface area contributed by atoms with Crippen molar-refractivity contribution in [2.75, 3.05) is 26.2 Å². The number of likely N-dealkylation sites (tertiary alicyclic amines) is 1. The molecule has 3 nitrogen and oxygen atoms in total. The molecule has 1 amide bonds. The van der Waals surface area contributed by atoms with Gasteiger partial charge in [-0.05, 0) is 78.9 Å². The van der Waals surface area contributed by atoms with Crippen LogP contribution in [0, 0.1) is 8.99 Å². The van der Waals surface area contributed by atoms with Gasteiger partial charge in [0.2, 0.25) is 0 Å². The van der Waals surface area contributed by atoms with Gasteiger partial charge in [0, 0.05) is 16.7 Å². The predicted octanol–water partition coefficient (Wildman–Crippen LogP) is 2.90. The van der Waals surface area contributed by atoms with E-state index in [-0.39, 0.29) is 5.91 Å². The quantitative estimate of drug-likeness (QED) is 0.756. The van der Waals surface area contributed by atoms with Crippen molar-refractivity contribution in [1.29, 1.82) is 0 Å². The molecule has 0 aromatic heterocycles. The fourth-order valence-electron chi connectivity index (χ4n) is 3.45. The number of hydrogen-bond donors (Lipinski definition) is 1. The van der Waals surface area contributed by atoms with Gasteiger partial charge in [0.15, 0.2) is 0 Å². The molecule has 2 aliphatic heterocycles. The minimum Gasteiger partial charge on any atom is -0.339 e. The van der Waals surface area contributed by atoms with Crippen LogP contribution >= 0.6 is 22.6 Å². The van der Waals surface area contributed by atoms with E-state index in [4.69, 9.17) is 0 Å². The van der Waals surface area contributed by atoms with Crippen LogP contribution in [-0.2, 0) is 0 Å². The second kappa shape index (κ2) is 6.02. The first-order valence-corrected chi connectivity index (χ1v) is 8.53. The van der Waals surface area contributed by atoms with Gasteiger partial charge in [0.1, 0.15) is 0 Å². The van der Waals surface area contributed by atoms with Crippen molar-refractivity contribution in [3.8, 4) is 0 Å². The van der Waals surface area contributed by atoms with E-state index in [2.05, 4.69) is 27.9 Å². The van der Waals surface area contributed by atoms with Crippen molar-refractivity contribution in [2.24, 2.45) is 5.41 Å². The fourth-order valence-corrected chi connectivity index (χ4v) is 4.06. The van der Waals surface area contributed by atoms with E-state index < -0.39 is 0 Å². The highest BCUT2D eigenvalue weighted by atomic mass is 127. The van der Waals surface area contributed by atoms with E-state index in [9.17, 15) is 4.79 Å². The topological polar surface area (TPSA) is 32.3 Å². The monoisotopic (exact) mass is 384 g/mol. The van der Waals surface area contributed by atoms with Gasteiger partial charge in [-0.15, -0.1) is 0 Å². The van der Waals surface area contributed by atoms with Crippen LogP contribution in [0.25, 0.3) is 0 Å². The summed E-state index contributed by atoms with van der Waals surface area (Å²) in [6.45, 7) is 4.13. The standard InChI is InChI=1S/C16H21IN2O/c17-14-4-2-1-3-13(14)15(20)19-11-7-16(8-12-19)5-9-18-10-6-16/h1-4,18H,5-12H2. The maximum atomic E-state index is 12.6. The third-order valence-corrected chi connectivity index (χ3v) is 5.82. The number of carbonyl (C=O) groups is 1. The number of benzene rings is 1. The van der Waals surface area contributed by atoms with Gasteiger partial charge in [-0.25, -0.2) is 0 Å². The highest BCUT2D eigenvalue weighted by Gasteiger charge is 2.36. The average molecular weight is 384 g/mol. The van der Waals surface area contributed by atoms with E-state index in [1.165, 1.54) is 25.7 Å². The largest absolute Gasteiger partial charge is 0.339 e. The van der Waals surface area contributed by atoms with E-state index in [1.54, 1.807) is 0 Å². The number of rotatable bonds is 1. The second-order valence-corrected chi connectivity index (χ2v) is 7.18. The molecule has 0 radical (unpaired) electrons. The zero-order valence-corrected chi connectivity index (χ0v) is 13.9. The van der Waals surface area contributed by atoms with Gasteiger partial charge in [0.25, 0.3) is 5.91 Å². The lowest BCUT2D eigenvalue weighted by atomic mass is 9.71. The van der Waals surface area contributed by atoms with Crippen molar-refractivity contribution < 1.29 is 4.79 Å². The molecule has 0 unspecified atom stereocenters. The van der Waals surface area contributed by atoms with Crippen LogP contribution in [0.4, 0.5) is 0 Å². The molecule has 0 bridgehead atoms. The highest BCUT2D eigenvalue weighted by Crippen LogP contribution is 2.39. The van der Waals surface area contributed by atoms with Crippen molar-refractivity contribution in [3.05, 3.63) is 33.4 Å². The Balaban J connectivity index is 1.66. The normalized spacial score (nSPS) is 21.9. The van der Waals surface area contributed by atoms with Gasteiger partial charge >= 0.3 is 0 Å². The van der Waals surface area contributed by atoms with Gasteiger partial charge in [0.05, 0.1) is 5.56 Å². The summed E-state index contributed by atoms with van der Waals surface area (Å²) < 4.78 is 1.05. The smallest absolute Gasteiger partial charge is 0.254 e. The minimum atomic E-state index is 0.207. The molecule has 2 aliphatic rings. The number of piperidine rings is 2. The molecular weight excluding hydrogens is 363 g/mol. The third-order valence-electron chi connectivity index (χ3n) is 4.88. The Morgan fingerprint density at radius 3 is 2.40 bits per heavy atom. The van der Waals surface area contributed by atoms with Gasteiger partial charge in [-0.3, -0.25) is 4.79 Å². The molecule has 20 heavy (non-hydrogen) atoms. The molecule has 108 valence electrons. The average Bonchev–Trinajstić information content (AvgIpc) is 2.49. The molecule has 0 atom stereocenters. The van der Waals surface area contributed by atoms with Gasteiger partial charge in [-0.1, -0.05) is 12.1 Å². The van der Waals surface area contributed by atoms with Crippen LogP contribution in [-0.4, -0.2) is 37.0 Å². The van der Waals surface area contributed by atoms with Crippen LogP contribution in [0.1, 0.15) is 36.0 Å². The van der Waals surface area contributed by atoms with E-state index in [1.807, 2.05) is 29.2 Å². The Bertz CT molecular complexity index is 487. The summed E-state index contributed by atoms with van der Waals surface area (Å²) in [6, 6.07) is 7.89. The summed E-state index contributed by atoms with van der Waals surface area (Å²) in [7, 11) is 0. The first kappa shape index (κ1) is 14.3. The highest BCUT2D eigenvalue weighted by molar-refractivity contribution is 14.1. The molecule has 1 aromatic carbocycles. The summed E-state index contributed by atoms with van der Waals surface area (Å²) >= 11 is 2.25. The summed E-state index contributed by atoms with van der Waals surface area (Å²) in [4.78, 5) is 14.6. The molecule has 2 saturated heterocycles. The molecule has 3 rings (SSSR count). The summed E-state index contributed by atoms with van der Waals surface area (Å²) in [5.41, 5.74) is 1.36. The second-order valence-electron chi connectivity index (χ2n) is 6.02. The molecule has 0 aliphatic carbocycles. The Kier molecular flexibility index (Phi) is 4.31. The lowest BCUT2D eigenvalue weighted by Gasteiger charge is -2.44. The number of carbonyl (C=O) groups excluding carboxylic acids is 1. The SMILES string of the molecule is O=C(c1ccccc1I)N1CCC2(CCNCC2)CC1. The van der Waals surface area contributed by atoms with E-state index >= 15 is 0 Å². The molecule has 1 aromatic rings. The van der Waals surface area contributed by atoms with Crippen LogP contribution in [0.5, 0.6) is 0 Å². The molecular formula is C16H21IN2O. The number of halogens is 1. The summed E-state index contributed by atoms with van der Waals surface area (Å²) in [5, 5.41) is 3.44. The van der Waals surface area contributed by atoms with Crippen molar-refractivity contribution >= 4 is 28.5 Å². The third kappa shape index (κ3) is 2.86. The Hall–Kier alpha value is -0.620. The van der Waals surface area contributed by atoms with Crippen LogP contribution in [0.15, 0.2) is 24.3 Å². The van der Waals surface area contributed by atoms with Crippen LogP contribution in [0.2, 0.25) is 0 Å². The first-order valence-electron chi connectivity index (χ1n) is 7.45. The van der Waals surface area contributed by atoms with Crippen molar-refractivity contribution in [1.82, 2.24) is 10.2 Å². The maximum absolute atomic E-state index is 12.6. The van der Waals surface area contributed by atoms with Crippen LogP contribution < -0.4 is 5.32 Å². The number of hydrogen-bond acceptors (Lipinski definition) is 2. The van der Waals surface area contributed by atoms with Gasteiger partial charge in [-0.2, -0.15) is 0 Å².